The molecule has 28 heavy (non-hydrogen) atoms. The highest BCUT2D eigenvalue weighted by atomic mass is 16.3. The maximum atomic E-state index is 12.5. The number of amides is 1. The Morgan fingerprint density at radius 1 is 0.964 bits per heavy atom. The number of carbonyl (C=O) groups excluding carboxylic acids is 1. The molecule has 1 aliphatic heterocycles. The maximum absolute atomic E-state index is 12.5. The van der Waals surface area contributed by atoms with Crippen LogP contribution in [0.5, 0.6) is 0 Å². The van der Waals surface area contributed by atoms with Crippen LogP contribution in [0.4, 0.5) is 0 Å². The number of benzene rings is 2. The first-order valence-electron chi connectivity index (χ1n) is 10.6. The van der Waals surface area contributed by atoms with E-state index in [4.69, 9.17) is 0 Å². The molecule has 0 radical (unpaired) electrons. The summed E-state index contributed by atoms with van der Waals surface area (Å²) < 4.78 is 0. The molecule has 1 amide bonds. The third-order valence-corrected chi connectivity index (χ3v) is 6.06. The van der Waals surface area contributed by atoms with E-state index in [0.29, 0.717) is 5.56 Å². The lowest BCUT2D eigenvalue weighted by atomic mass is 9.92. The number of nitrogens with zero attached hydrogens (tertiary/aromatic N) is 1. The highest BCUT2D eigenvalue weighted by Gasteiger charge is 2.24. The SMILES string of the molecule is O=C(NC1CCCCC1O)c1ccc(-c2cccc(CN3CCCC3)c2)cc1. The summed E-state index contributed by atoms with van der Waals surface area (Å²) in [7, 11) is 0. The van der Waals surface area contributed by atoms with Gasteiger partial charge in [-0.15, -0.1) is 0 Å². The van der Waals surface area contributed by atoms with E-state index in [1.165, 1.54) is 37.1 Å². The molecule has 1 saturated carbocycles. The van der Waals surface area contributed by atoms with E-state index in [1.807, 2.05) is 24.3 Å². The summed E-state index contributed by atoms with van der Waals surface area (Å²) in [4.78, 5) is 15.0. The zero-order valence-corrected chi connectivity index (χ0v) is 16.4. The second-order valence-corrected chi connectivity index (χ2v) is 8.19. The van der Waals surface area contributed by atoms with Crippen molar-refractivity contribution in [1.82, 2.24) is 10.2 Å². The van der Waals surface area contributed by atoms with Crippen LogP contribution < -0.4 is 5.32 Å². The van der Waals surface area contributed by atoms with Crippen LogP contribution in [0.3, 0.4) is 0 Å². The Labute approximate surface area is 167 Å². The lowest BCUT2D eigenvalue weighted by Gasteiger charge is -2.28. The zero-order chi connectivity index (χ0) is 19.3. The number of likely N-dealkylation sites (tertiary alicyclic amines) is 1. The van der Waals surface area contributed by atoms with Gasteiger partial charge in [0.05, 0.1) is 12.1 Å². The van der Waals surface area contributed by atoms with Crippen molar-refractivity contribution in [3.8, 4) is 11.1 Å². The molecule has 4 rings (SSSR count). The third kappa shape index (κ3) is 4.62. The Morgan fingerprint density at radius 3 is 2.46 bits per heavy atom. The number of aliphatic hydroxyl groups excluding tert-OH is 1. The minimum absolute atomic E-state index is 0.0970. The summed E-state index contributed by atoms with van der Waals surface area (Å²) in [6.45, 7) is 3.41. The van der Waals surface area contributed by atoms with Crippen molar-refractivity contribution in [2.75, 3.05) is 13.1 Å². The lowest BCUT2D eigenvalue weighted by molar-refractivity contribution is 0.0717. The van der Waals surface area contributed by atoms with Crippen molar-refractivity contribution in [2.24, 2.45) is 0 Å². The van der Waals surface area contributed by atoms with Crippen LogP contribution in [0.25, 0.3) is 11.1 Å². The van der Waals surface area contributed by atoms with E-state index in [2.05, 4.69) is 34.5 Å². The van der Waals surface area contributed by atoms with Crippen LogP contribution in [0.1, 0.15) is 54.4 Å². The van der Waals surface area contributed by atoms with E-state index >= 15 is 0 Å². The van der Waals surface area contributed by atoms with E-state index in [1.54, 1.807) is 0 Å². The van der Waals surface area contributed by atoms with Gasteiger partial charge in [-0.05, 0) is 73.7 Å². The van der Waals surface area contributed by atoms with Gasteiger partial charge in [0, 0.05) is 12.1 Å². The van der Waals surface area contributed by atoms with Crippen molar-refractivity contribution < 1.29 is 9.90 Å². The van der Waals surface area contributed by atoms with E-state index in [0.717, 1.165) is 37.8 Å². The lowest BCUT2D eigenvalue weighted by Crippen LogP contribution is -2.45. The summed E-state index contributed by atoms with van der Waals surface area (Å²) >= 11 is 0. The molecule has 1 saturated heterocycles. The second-order valence-electron chi connectivity index (χ2n) is 8.19. The molecular formula is C24H30N2O2. The van der Waals surface area contributed by atoms with Crippen LogP contribution in [-0.2, 0) is 6.54 Å². The molecule has 4 nitrogen and oxygen atoms in total. The quantitative estimate of drug-likeness (QED) is 0.827. The van der Waals surface area contributed by atoms with Crippen molar-refractivity contribution in [1.29, 1.82) is 0 Å². The molecule has 4 heteroatoms. The molecular weight excluding hydrogens is 348 g/mol. The molecule has 2 unspecified atom stereocenters. The Morgan fingerprint density at radius 2 is 1.71 bits per heavy atom. The highest BCUT2D eigenvalue weighted by Crippen LogP contribution is 2.23. The Kier molecular flexibility index (Phi) is 6.08. The first-order valence-corrected chi connectivity index (χ1v) is 10.6. The summed E-state index contributed by atoms with van der Waals surface area (Å²) in [5.41, 5.74) is 4.30. The van der Waals surface area contributed by atoms with Crippen molar-refractivity contribution in [3.05, 3.63) is 59.7 Å². The Hall–Kier alpha value is -2.17. The molecule has 1 aliphatic carbocycles. The van der Waals surface area contributed by atoms with Gasteiger partial charge in [0.15, 0.2) is 0 Å². The highest BCUT2D eigenvalue weighted by molar-refractivity contribution is 5.94. The van der Waals surface area contributed by atoms with E-state index in [9.17, 15) is 9.90 Å². The van der Waals surface area contributed by atoms with Gasteiger partial charge in [0.25, 0.3) is 5.91 Å². The molecule has 2 fully saturated rings. The first-order chi connectivity index (χ1) is 13.7. The molecule has 2 N–H and O–H groups in total. The summed E-state index contributed by atoms with van der Waals surface area (Å²) in [5, 5.41) is 13.1. The van der Waals surface area contributed by atoms with Crippen LogP contribution in [0, 0.1) is 0 Å². The molecule has 148 valence electrons. The van der Waals surface area contributed by atoms with Gasteiger partial charge < -0.3 is 10.4 Å². The fraction of sp³-hybridized carbons (Fsp3) is 0.458. The third-order valence-electron chi connectivity index (χ3n) is 6.06. The Bertz CT molecular complexity index is 797. The average Bonchev–Trinajstić information content (AvgIpc) is 3.23. The van der Waals surface area contributed by atoms with Crippen LogP contribution in [0.2, 0.25) is 0 Å². The molecule has 0 spiro atoms. The van der Waals surface area contributed by atoms with E-state index < -0.39 is 6.10 Å². The van der Waals surface area contributed by atoms with Crippen molar-refractivity contribution >= 4 is 5.91 Å². The van der Waals surface area contributed by atoms with Crippen LogP contribution >= 0.6 is 0 Å². The first kappa shape index (κ1) is 19.2. The summed E-state index contributed by atoms with van der Waals surface area (Å²) in [5.74, 6) is -0.0970. The minimum atomic E-state index is -0.421. The zero-order valence-electron chi connectivity index (χ0n) is 16.4. The minimum Gasteiger partial charge on any atom is -0.391 e. The van der Waals surface area contributed by atoms with Crippen LogP contribution in [-0.4, -0.2) is 41.1 Å². The molecule has 2 aromatic carbocycles. The smallest absolute Gasteiger partial charge is 0.251 e. The van der Waals surface area contributed by atoms with Crippen molar-refractivity contribution in [3.63, 3.8) is 0 Å². The van der Waals surface area contributed by atoms with Gasteiger partial charge in [-0.3, -0.25) is 9.69 Å². The van der Waals surface area contributed by atoms with Gasteiger partial charge in [0.2, 0.25) is 0 Å². The fourth-order valence-corrected chi connectivity index (χ4v) is 4.39. The monoisotopic (exact) mass is 378 g/mol. The molecule has 0 aromatic heterocycles. The van der Waals surface area contributed by atoms with Crippen molar-refractivity contribution in [2.45, 2.75) is 57.2 Å². The molecule has 2 atom stereocenters. The number of hydrogen-bond donors (Lipinski definition) is 2. The number of nitrogens with one attached hydrogen (secondary N) is 1. The van der Waals surface area contributed by atoms with Gasteiger partial charge in [-0.25, -0.2) is 0 Å². The maximum Gasteiger partial charge on any atom is 0.251 e. The Balaban J connectivity index is 1.42. The topological polar surface area (TPSA) is 52.6 Å². The molecule has 0 bridgehead atoms. The fourth-order valence-electron chi connectivity index (χ4n) is 4.39. The molecule has 2 aliphatic rings. The normalized spacial score (nSPS) is 22.9. The predicted octanol–water partition coefficient (Wildman–Crippen LogP) is 3.98. The summed E-state index contributed by atoms with van der Waals surface area (Å²) in [6.07, 6.45) is 5.93. The van der Waals surface area contributed by atoms with Gasteiger partial charge in [-0.1, -0.05) is 43.2 Å². The average molecular weight is 379 g/mol. The number of carbonyl (C=O) groups is 1. The van der Waals surface area contributed by atoms with Crippen LogP contribution in [0.15, 0.2) is 48.5 Å². The summed E-state index contributed by atoms with van der Waals surface area (Å²) in [6, 6.07) is 16.4. The van der Waals surface area contributed by atoms with E-state index in [-0.39, 0.29) is 11.9 Å². The standard InChI is InChI=1S/C24H30N2O2/c27-23-9-2-1-8-22(23)25-24(28)20-12-10-19(11-13-20)21-7-5-6-18(16-21)17-26-14-3-4-15-26/h5-7,10-13,16,22-23,27H,1-4,8-9,14-15,17H2,(H,25,28). The molecule has 1 heterocycles. The second kappa shape index (κ2) is 8.89. The van der Waals surface area contributed by atoms with Gasteiger partial charge in [-0.2, -0.15) is 0 Å². The number of aliphatic hydroxyl groups is 1. The van der Waals surface area contributed by atoms with Gasteiger partial charge in [0.1, 0.15) is 0 Å². The largest absolute Gasteiger partial charge is 0.391 e. The number of rotatable bonds is 5. The predicted molar refractivity (Wildman–Crippen MR) is 112 cm³/mol. The molecule has 2 aromatic rings. The number of hydrogen-bond acceptors (Lipinski definition) is 3. The van der Waals surface area contributed by atoms with Gasteiger partial charge >= 0.3 is 0 Å².